The van der Waals surface area contributed by atoms with Crippen molar-refractivity contribution in [3.05, 3.63) is 101 Å². The molecule has 0 aromatic heterocycles. The van der Waals surface area contributed by atoms with Gasteiger partial charge in [0, 0.05) is 38.3 Å². The molecule has 3 nitrogen and oxygen atoms in total. The second kappa shape index (κ2) is 9.85. The van der Waals surface area contributed by atoms with Crippen molar-refractivity contribution in [1.82, 2.24) is 9.80 Å². The molecule has 166 valence electrons. The second-order valence-corrected chi connectivity index (χ2v) is 9.00. The Bertz CT molecular complexity index is 1020. The van der Waals surface area contributed by atoms with Crippen molar-refractivity contribution >= 4 is 0 Å². The highest BCUT2D eigenvalue weighted by atomic mass is 19.1. The van der Waals surface area contributed by atoms with Gasteiger partial charge in [-0.15, -0.1) is 0 Å². The summed E-state index contributed by atoms with van der Waals surface area (Å²) in [5, 5.41) is 0. The van der Waals surface area contributed by atoms with Crippen LogP contribution in [0.2, 0.25) is 0 Å². The van der Waals surface area contributed by atoms with Crippen molar-refractivity contribution in [2.45, 2.75) is 38.4 Å². The van der Waals surface area contributed by atoms with E-state index in [1.807, 2.05) is 6.07 Å². The molecule has 5 rings (SSSR count). The van der Waals surface area contributed by atoms with Gasteiger partial charge < -0.3 is 4.74 Å². The summed E-state index contributed by atoms with van der Waals surface area (Å²) in [5.41, 5.74) is 4.62. The SMILES string of the molecule is Fc1ccc(OCC2CN(Cc3ccccc3)CCN2Cc2ccccc2)c2c1CCC2. The Kier molecular flexibility index (Phi) is 6.51. The zero-order chi connectivity index (χ0) is 21.8. The molecule has 1 fully saturated rings. The topological polar surface area (TPSA) is 15.7 Å². The molecule has 1 heterocycles. The van der Waals surface area contributed by atoms with E-state index in [9.17, 15) is 4.39 Å². The molecule has 1 unspecified atom stereocenters. The Balaban J connectivity index is 1.30. The molecule has 0 N–H and O–H groups in total. The number of piperazine rings is 1. The minimum atomic E-state index is -0.0812. The average Bonchev–Trinajstić information content (AvgIpc) is 3.33. The van der Waals surface area contributed by atoms with Crippen LogP contribution in [0.5, 0.6) is 5.75 Å². The Hall–Kier alpha value is -2.69. The number of nitrogens with zero attached hydrogens (tertiary/aromatic N) is 2. The van der Waals surface area contributed by atoms with Gasteiger partial charge in [-0.2, -0.15) is 0 Å². The average molecular weight is 431 g/mol. The van der Waals surface area contributed by atoms with Crippen LogP contribution in [-0.2, 0) is 25.9 Å². The summed E-state index contributed by atoms with van der Waals surface area (Å²) in [4.78, 5) is 5.07. The highest BCUT2D eigenvalue weighted by molar-refractivity contribution is 5.44. The fraction of sp³-hybridized carbons (Fsp3) is 0.357. The molecule has 4 heteroatoms. The number of halogens is 1. The van der Waals surface area contributed by atoms with Crippen LogP contribution in [0.1, 0.15) is 28.7 Å². The number of benzene rings is 3. The van der Waals surface area contributed by atoms with Gasteiger partial charge in [0.05, 0.1) is 6.04 Å². The maximum absolute atomic E-state index is 14.2. The molecule has 1 aliphatic heterocycles. The summed E-state index contributed by atoms with van der Waals surface area (Å²) in [7, 11) is 0. The van der Waals surface area contributed by atoms with Crippen LogP contribution in [0, 0.1) is 5.82 Å². The van der Waals surface area contributed by atoms with Gasteiger partial charge in [0.2, 0.25) is 0 Å². The molecule has 0 saturated carbocycles. The largest absolute Gasteiger partial charge is 0.492 e. The summed E-state index contributed by atoms with van der Waals surface area (Å²) in [5.74, 6) is 0.793. The summed E-state index contributed by atoms with van der Waals surface area (Å²) in [6, 6.07) is 25.0. The molecule has 0 bridgehead atoms. The van der Waals surface area contributed by atoms with Crippen molar-refractivity contribution in [2.24, 2.45) is 0 Å². The van der Waals surface area contributed by atoms with Gasteiger partial charge in [-0.05, 0) is 48.1 Å². The quantitative estimate of drug-likeness (QED) is 0.520. The first-order chi connectivity index (χ1) is 15.8. The third kappa shape index (κ3) is 4.87. The molecule has 3 aromatic rings. The highest BCUT2D eigenvalue weighted by Crippen LogP contribution is 2.33. The van der Waals surface area contributed by atoms with E-state index in [2.05, 4.69) is 70.5 Å². The van der Waals surface area contributed by atoms with E-state index in [4.69, 9.17) is 4.74 Å². The first-order valence-corrected chi connectivity index (χ1v) is 11.7. The van der Waals surface area contributed by atoms with Crippen LogP contribution >= 0.6 is 0 Å². The van der Waals surface area contributed by atoms with Gasteiger partial charge in [0.15, 0.2) is 0 Å². The van der Waals surface area contributed by atoms with Crippen molar-refractivity contribution in [3.8, 4) is 5.75 Å². The van der Waals surface area contributed by atoms with E-state index in [1.54, 1.807) is 6.07 Å². The minimum absolute atomic E-state index is 0.0812. The van der Waals surface area contributed by atoms with Crippen molar-refractivity contribution < 1.29 is 9.13 Å². The maximum Gasteiger partial charge on any atom is 0.126 e. The molecule has 1 aliphatic carbocycles. The third-order valence-electron chi connectivity index (χ3n) is 6.78. The zero-order valence-corrected chi connectivity index (χ0v) is 18.6. The highest BCUT2D eigenvalue weighted by Gasteiger charge is 2.28. The number of rotatable bonds is 7. The van der Waals surface area contributed by atoms with Crippen LogP contribution in [0.25, 0.3) is 0 Å². The van der Waals surface area contributed by atoms with Gasteiger partial charge >= 0.3 is 0 Å². The second-order valence-electron chi connectivity index (χ2n) is 9.00. The molecule has 2 aliphatic rings. The summed E-state index contributed by atoms with van der Waals surface area (Å²) in [6.07, 6.45) is 2.76. The van der Waals surface area contributed by atoms with E-state index in [0.29, 0.717) is 6.61 Å². The first kappa shape index (κ1) is 21.2. The molecular weight excluding hydrogens is 399 g/mol. The van der Waals surface area contributed by atoms with Crippen molar-refractivity contribution in [2.75, 3.05) is 26.2 Å². The lowest BCUT2D eigenvalue weighted by Crippen LogP contribution is -2.54. The van der Waals surface area contributed by atoms with Crippen LogP contribution in [-0.4, -0.2) is 42.1 Å². The van der Waals surface area contributed by atoms with E-state index < -0.39 is 0 Å². The van der Waals surface area contributed by atoms with Gasteiger partial charge in [-0.1, -0.05) is 60.7 Å². The smallest absolute Gasteiger partial charge is 0.126 e. The minimum Gasteiger partial charge on any atom is -0.492 e. The van der Waals surface area contributed by atoms with E-state index >= 15 is 0 Å². The first-order valence-electron chi connectivity index (χ1n) is 11.7. The molecule has 1 atom stereocenters. The Morgan fingerprint density at radius 1 is 0.781 bits per heavy atom. The molecule has 32 heavy (non-hydrogen) atoms. The van der Waals surface area contributed by atoms with Crippen molar-refractivity contribution in [1.29, 1.82) is 0 Å². The van der Waals surface area contributed by atoms with Crippen LogP contribution < -0.4 is 4.74 Å². The van der Waals surface area contributed by atoms with Gasteiger partial charge in [0.25, 0.3) is 0 Å². The van der Waals surface area contributed by atoms with Gasteiger partial charge in [-0.25, -0.2) is 4.39 Å². The van der Waals surface area contributed by atoms with Crippen molar-refractivity contribution in [3.63, 3.8) is 0 Å². The number of hydrogen-bond acceptors (Lipinski definition) is 3. The Labute approximate surface area is 190 Å². The van der Waals surface area contributed by atoms with Crippen LogP contribution in [0.15, 0.2) is 72.8 Å². The number of fused-ring (bicyclic) bond motifs is 1. The molecule has 1 saturated heterocycles. The molecule has 0 amide bonds. The maximum atomic E-state index is 14.2. The fourth-order valence-electron chi connectivity index (χ4n) is 5.08. The molecule has 0 spiro atoms. The predicted molar refractivity (Wildman–Crippen MR) is 126 cm³/mol. The van der Waals surface area contributed by atoms with Crippen LogP contribution in [0.3, 0.4) is 0 Å². The number of ether oxygens (including phenoxy) is 1. The number of hydrogen-bond donors (Lipinski definition) is 0. The molecule has 3 aromatic carbocycles. The monoisotopic (exact) mass is 430 g/mol. The Morgan fingerprint density at radius 3 is 2.22 bits per heavy atom. The third-order valence-corrected chi connectivity index (χ3v) is 6.78. The van der Waals surface area contributed by atoms with E-state index in [0.717, 1.165) is 68.9 Å². The normalized spacial score (nSPS) is 19.1. The fourth-order valence-corrected chi connectivity index (χ4v) is 5.08. The van der Waals surface area contributed by atoms with Gasteiger partial charge in [0.1, 0.15) is 18.2 Å². The van der Waals surface area contributed by atoms with E-state index in [1.165, 1.54) is 11.1 Å². The standard InChI is InChI=1S/C28H31FN2O/c29-27-14-15-28(26-13-7-12-25(26)27)32-21-24-20-30(18-22-8-3-1-4-9-22)16-17-31(24)19-23-10-5-2-6-11-23/h1-6,8-11,14-15,24H,7,12-13,16-21H2. The summed E-state index contributed by atoms with van der Waals surface area (Å²) < 4.78 is 20.5. The summed E-state index contributed by atoms with van der Waals surface area (Å²) in [6.45, 7) is 5.53. The zero-order valence-electron chi connectivity index (χ0n) is 18.6. The lowest BCUT2D eigenvalue weighted by molar-refractivity contribution is 0.0373. The lowest BCUT2D eigenvalue weighted by atomic mass is 10.1. The van der Waals surface area contributed by atoms with Gasteiger partial charge in [-0.3, -0.25) is 9.80 Å². The Morgan fingerprint density at radius 2 is 1.47 bits per heavy atom. The van der Waals surface area contributed by atoms with Crippen LogP contribution in [0.4, 0.5) is 4.39 Å². The summed E-state index contributed by atoms with van der Waals surface area (Å²) >= 11 is 0. The predicted octanol–water partition coefficient (Wildman–Crippen LogP) is 5.08. The molecular formula is C28H31FN2O. The lowest BCUT2D eigenvalue weighted by Gasteiger charge is -2.41. The van der Waals surface area contributed by atoms with E-state index in [-0.39, 0.29) is 11.9 Å². The molecule has 0 radical (unpaired) electrons.